The number of hydrogen-bond acceptors (Lipinski definition) is 3. The Labute approximate surface area is 167 Å². The molecule has 2 aromatic carbocycles. The van der Waals surface area contributed by atoms with E-state index in [0.29, 0.717) is 10.7 Å². The summed E-state index contributed by atoms with van der Waals surface area (Å²) in [6.45, 7) is 6.80. The minimum Gasteiger partial charge on any atom is -0.396 e. The molecule has 27 heavy (non-hydrogen) atoms. The summed E-state index contributed by atoms with van der Waals surface area (Å²) in [5, 5.41) is 4.08. The van der Waals surface area contributed by atoms with Gasteiger partial charge >= 0.3 is 0 Å². The van der Waals surface area contributed by atoms with Crippen molar-refractivity contribution >= 4 is 23.0 Å². The number of hydrogen-bond donors (Lipinski definition) is 2. The van der Waals surface area contributed by atoms with Gasteiger partial charge in [0.05, 0.1) is 16.4 Å². The van der Waals surface area contributed by atoms with Crippen molar-refractivity contribution in [3.05, 3.63) is 47.0 Å². The van der Waals surface area contributed by atoms with E-state index in [2.05, 4.69) is 53.5 Å². The molecule has 4 rings (SSSR count). The Kier molecular flexibility index (Phi) is 5.60. The molecule has 2 aliphatic rings. The van der Waals surface area contributed by atoms with Gasteiger partial charge in [-0.05, 0) is 67.8 Å². The van der Waals surface area contributed by atoms with E-state index >= 15 is 0 Å². The van der Waals surface area contributed by atoms with E-state index in [0.717, 1.165) is 41.7 Å². The molecular formula is C23H30ClN3. The summed E-state index contributed by atoms with van der Waals surface area (Å²) in [4.78, 5) is 2.56. The maximum atomic E-state index is 6.60. The summed E-state index contributed by atoms with van der Waals surface area (Å²) in [5.74, 6) is 1.68. The van der Waals surface area contributed by atoms with Gasteiger partial charge in [-0.2, -0.15) is 0 Å². The fraction of sp³-hybridized carbons (Fsp3) is 0.478. The highest BCUT2D eigenvalue weighted by Gasteiger charge is 2.21. The second kappa shape index (κ2) is 8.12. The van der Waals surface area contributed by atoms with Crippen LogP contribution in [-0.4, -0.2) is 24.5 Å². The molecule has 1 saturated carbocycles. The molecule has 0 spiro atoms. The van der Waals surface area contributed by atoms with Crippen molar-refractivity contribution in [1.29, 1.82) is 0 Å². The number of likely N-dealkylation sites (tertiary alicyclic amines) is 1. The summed E-state index contributed by atoms with van der Waals surface area (Å²) < 4.78 is 0. The van der Waals surface area contributed by atoms with Crippen molar-refractivity contribution in [1.82, 2.24) is 4.90 Å². The van der Waals surface area contributed by atoms with Gasteiger partial charge in [0, 0.05) is 18.7 Å². The number of anilines is 2. The van der Waals surface area contributed by atoms with Gasteiger partial charge < -0.3 is 11.1 Å². The third kappa shape index (κ3) is 4.59. The molecule has 3 N–H and O–H groups in total. The molecule has 0 unspecified atom stereocenters. The van der Waals surface area contributed by atoms with Crippen LogP contribution in [0.15, 0.2) is 36.4 Å². The molecule has 144 valence electrons. The third-order valence-corrected chi connectivity index (χ3v) is 6.41. The summed E-state index contributed by atoms with van der Waals surface area (Å²) in [5.41, 5.74) is 11.4. The first-order chi connectivity index (χ1) is 13.1. The average Bonchev–Trinajstić information content (AvgIpc) is 3.50. The Morgan fingerprint density at radius 2 is 1.74 bits per heavy atom. The van der Waals surface area contributed by atoms with Gasteiger partial charge in [0.15, 0.2) is 0 Å². The molecule has 0 atom stereocenters. The topological polar surface area (TPSA) is 41.3 Å². The van der Waals surface area contributed by atoms with Crippen molar-refractivity contribution in [2.45, 2.75) is 39.2 Å². The number of nitrogen functional groups attached to an aromatic ring is 1. The molecule has 0 amide bonds. The van der Waals surface area contributed by atoms with Crippen molar-refractivity contribution in [2.75, 3.05) is 30.7 Å². The predicted octanol–water partition coefficient (Wildman–Crippen LogP) is 5.64. The molecule has 1 aliphatic heterocycles. The number of nitrogens with two attached hydrogens (primary N) is 1. The molecule has 2 aromatic rings. The number of halogens is 1. The number of piperidine rings is 1. The Hall–Kier alpha value is -1.71. The van der Waals surface area contributed by atoms with E-state index < -0.39 is 0 Å². The second-order valence-electron chi connectivity index (χ2n) is 8.37. The second-order valence-corrected chi connectivity index (χ2v) is 8.75. The lowest BCUT2D eigenvalue weighted by atomic mass is 9.98. The highest BCUT2D eigenvalue weighted by Crippen LogP contribution is 2.38. The quantitative estimate of drug-likeness (QED) is 0.634. The van der Waals surface area contributed by atoms with E-state index in [4.69, 9.17) is 17.3 Å². The maximum absolute atomic E-state index is 6.60. The molecule has 1 heterocycles. The zero-order valence-corrected chi connectivity index (χ0v) is 16.9. The lowest BCUT2D eigenvalue weighted by molar-refractivity contribution is 0.185. The molecule has 0 radical (unpaired) electrons. The van der Waals surface area contributed by atoms with Gasteiger partial charge in [-0.25, -0.2) is 0 Å². The largest absolute Gasteiger partial charge is 0.396 e. The molecule has 4 heteroatoms. The summed E-state index contributed by atoms with van der Waals surface area (Å²) in [7, 11) is 0. The minimum absolute atomic E-state index is 0.647. The predicted molar refractivity (Wildman–Crippen MR) is 116 cm³/mol. The molecule has 0 bridgehead atoms. The molecule has 1 aliphatic carbocycles. The van der Waals surface area contributed by atoms with Crippen molar-refractivity contribution in [3.8, 4) is 11.1 Å². The first-order valence-electron chi connectivity index (χ1n) is 10.2. The number of nitrogens with one attached hydrogen (secondary N) is 1. The van der Waals surface area contributed by atoms with Crippen LogP contribution >= 0.6 is 11.6 Å². The Morgan fingerprint density at radius 3 is 2.41 bits per heavy atom. The van der Waals surface area contributed by atoms with Crippen molar-refractivity contribution in [3.63, 3.8) is 0 Å². The van der Waals surface area contributed by atoms with Gasteiger partial charge in [0.1, 0.15) is 0 Å². The lowest BCUT2D eigenvalue weighted by Gasteiger charge is -2.30. The van der Waals surface area contributed by atoms with Crippen LogP contribution in [-0.2, 0) is 6.54 Å². The number of benzene rings is 2. The van der Waals surface area contributed by atoms with Crippen LogP contribution in [0.4, 0.5) is 11.4 Å². The Balaban J connectivity index is 1.44. The van der Waals surface area contributed by atoms with Crippen molar-refractivity contribution < 1.29 is 0 Å². The van der Waals surface area contributed by atoms with E-state index in [9.17, 15) is 0 Å². The zero-order valence-electron chi connectivity index (χ0n) is 16.2. The molecule has 1 saturated heterocycles. The smallest absolute Gasteiger partial charge is 0.0745 e. The van der Waals surface area contributed by atoms with Crippen LogP contribution in [0.25, 0.3) is 11.1 Å². The Morgan fingerprint density at radius 1 is 1.04 bits per heavy atom. The van der Waals surface area contributed by atoms with E-state index in [1.807, 2.05) is 0 Å². The molecular weight excluding hydrogens is 354 g/mol. The normalized spacial score (nSPS) is 18.6. The van der Waals surface area contributed by atoms with Crippen molar-refractivity contribution in [2.24, 2.45) is 11.8 Å². The lowest BCUT2D eigenvalue weighted by Crippen LogP contribution is -2.32. The van der Waals surface area contributed by atoms with Crippen LogP contribution in [0.5, 0.6) is 0 Å². The zero-order chi connectivity index (χ0) is 18.8. The van der Waals surface area contributed by atoms with Gasteiger partial charge in [0.2, 0.25) is 0 Å². The summed E-state index contributed by atoms with van der Waals surface area (Å²) >= 11 is 6.60. The highest BCUT2D eigenvalue weighted by atomic mass is 35.5. The monoisotopic (exact) mass is 383 g/mol. The Bertz CT molecular complexity index is 775. The first-order valence-corrected chi connectivity index (χ1v) is 10.6. The SMILES string of the molecule is CC1CCN(Cc2ccc(-c3ccc(NCC4CC4)c(N)c3Cl)cc2)CC1. The standard InChI is InChI=1S/C23H30ClN3/c1-16-10-12-27(13-11-16)15-18-4-6-19(7-5-18)20-8-9-21(23(25)22(20)24)26-14-17-2-3-17/h4-9,16-17,26H,2-3,10-15,25H2,1H3. The third-order valence-electron chi connectivity index (χ3n) is 6.01. The van der Waals surface area contributed by atoms with Gasteiger partial charge in [-0.15, -0.1) is 0 Å². The maximum Gasteiger partial charge on any atom is 0.0745 e. The first kappa shape index (κ1) is 18.6. The highest BCUT2D eigenvalue weighted by molar-refractivity contribution is 6.36. The average molecular weight is 384 g/mol. The summed E-state index contributed by atoms with van der Waals surface area (Å²) in [6, 6.07) is 12.9. The van der Waals surface area contributed by atoms with Crippen LogP contribution < -0.4 is 11.1 Å². The van der Waals surface area contributed by atoms with Gasteiger partial charge in [-0.3, -0.25) is 4.90 Å². The minimum atomic E-state index is 0.647. The van der Waals surface area contributed by atoms with Gasteiger partial charge in [0.25, 0.3) is 0 Å². The van der Waals surface area contributed by atoms with Crippen LogP contribution in [0.1, 0.15) is 38.2 Å². The van der Waals surface area contributed by atoms with E-state index in [-0.39, 0.29) is 0 Å². The van der Waals surface area contributed by atoms with Gasteiger partial charge in [-0.1, -0.05) is 48.9 Å². The molecule has 3 nitrogen and oxygen atoms in total. The van der Waals surface area contributed by atoms with Crippen LogP contribution in [0, 0.1) is 11.8 Å². The van der Waals surface area contributed by atoms with E-state index in [1.54, 1.807) is 0 Å². The fourth-order valence-corrected chi connectivity index (χ4v) is 4.09. The summed E-state index contributed by atoms with van der Waals surface area (Å²) in [6.07, 6.45) is 5.27. The van der Waals surface area contributed by atoms with E-state index in [1.165, 1.54) is 44.3 Å². The number of rotatable bonds is 6. The molecule has 0 aromatic heterocycles. The van der Waals surface area contributed by atoms with Crippen LogP contribution in [0.3, 0.4) is 0 Å². The fourth-order valence-electron chi connectivity index (χ4n) is 3.81. The number of nitrogens with zero attached hydrogens (tertiary/aromatic N) is 1. The molecule has 2 fully saturated rings. The van der Waals surface area contributed by atoms with Crippen LogP contribution in [0.2, 0.25) is 5.02 Å².